The first kappa shape index (κ1) is 16.0. The van der Waals surface area contributed by atoms with E-state index in [1.54, 1.807) is 12.1 Å². The molecule has 118 valence electrons. The Labute approximate surface area is 124 Å². The summed E-state index contributed by atoms with van der Waals surface area (Å²) in [6, 6.07) is 5.15. The number of halogens is 2. The first-order valence-electron chi connectivity index (χ1n) is 7.39. The van der Waals surface area contributed by atoms with E-state index in [0.717, 1.165) is 18.4 Å². The zero-order valence-corrected chi connectivity index (χ0v) is 12.6. The standard InChI is InChI=1S/C16H23F2NO2/c1-16(8-4-3-5-9-16)19-11-12-6-7-13(20-2)14(10-12)21-15(17)18/h6-7,10,15,19H,3-5,8-9,11H2,1-2H3. The van der Waals surface area contributed by atoms with E-state index < -0.39 is 6.61 Å². The van der Waals surface area contributed by atoms with Crippen molar-refractivity contribution in [3.63, 3.8) is 0 Å². The maximum absolute atomic E-state index is 12.4. The van der Waals surface area contributed by atoms with Gasteiger partial charge in [0.25, 0.3) is 0 Å². The highest BCUT2D eigenvalue weighted by Crippen LogP contribution is 2.31. The second-order valence-corrected chi connectivity index (χ2v) is 5.84. The van der Waals surface area contributed by atoms with Crippen molar-refractivity contribution in [2.45, 2.75) is 57.7 Å². The Bertz CT molecular complexity index is 460. The lowest BCUT2D eigenvalue weighted by atomic mass is 9.83. The van der Waals surface area contributed by atoms with Crippen molar-refractivity contribution in [2.24, 2.45) is 0 Å². The first-order valence-corrected chi connectivity index (χ1v) is 7.39. The topological polar surface area (TPSA) is 30.5 Å². The average molecular weight is 299 g/mol. The lowest BCUT2D eigenvalue weighted by Gasteiger charge is -2.35. The number of rotatable bonds is 6. The quantitative estimate of drug-likeness (QED) is 0.857. The molecule has 1 aliphatic carbocycles. The number of alkyl halides is 2. The van der Waals surface area contributed by atoms with Gasteiger partial charge in [-0.3, -0.25) is 0 Å². The van der Waals surface area contributed by atoms with Crippen LogP contribution in [0.4, 0.5) is 8.78 Å². The molecule has 0 atom stereocenters. The van der Waals surface area contributed by atoms with Crippen LogP contribution in [0.5, 0.6) is 11.5 Å². The fourth-order valence-electron chi connectivity index (χ4n) is 2.84. The van der Waals surface area contributed by atoms with Crippen LogP contribution in [-0.2, 0) is 6.54 Å². The number of nitrogens with one attached hydrogen (secondary N) is 1. The first-order chi connectivity index (χ1) is 10.0. The summed E-state index contributed by atoms with van der Waals surface area (Å²) in [4.78, 5) is 0. The molecule has 1 N–H and O–H groups in total. The van der Waals surface area contributed by atoms with Crippen LogP contribution in [0.1, 0.15) is 44.6 Å². The van der Waals surface area contributed by atoms with Gasteiger partial charge in [-0.25, -0.2) is 0 Å². The van der Waals surface area contributed by atoms with Crippen molar-refractivity contribution in [3.05, 3.63) is 23.8 Å². The van der Waals surface area contributed by atoms with Gasteiger partial charge in [0.2, 0.25) is 0 Å². The molecular formula is C16H23F2NO2. The van der Waals surface area contributed by atoms with Crippen LogP contribution in [-0.4, -0.2) is 19.3 Å². The number of hydrogen-bond donors (Lipinski definition) is 1. The van der Waals surface area contributed by atoms with E-state index in [9.17, 15) is 8.78 Å². The zero-order valence-electron chi connectivity index (χ0n) is 12.6. The zero-order chi connectivity index (χ0) is 15.3. The van der Waals surface area contributed by atoms with Crippen molar-refractivity contribution >= 4 is 0 Å². The summed E-state index contributed by atoms with van der Waals surface area (Å²) >= 11 is 0. The summed E-state index contributed by atoms with van der Waals surface area (Å²) in [6.07, 6.45) is 6.09. The molecule has 2 rings (SSSR count). The third-order valence-electron chi connectivity index (χ3n) is 4.12. The van der Waals surface area contributed by atoms with Crippen LogP contribution in [0.2, 0.25) is 0 Å². The summed E-state index contributed by atoms with van der Waals surface area (Å²) in [5.41, 5.74) is 1.06. The van der Waals surface area contributed by atoms with Gasteiger partial charge in [0.05, 0.1) is 7.11 Å². The van der Waals surface area contributed by atoms with E-state index in [4.69, 9.17) is 4.74 Å². The Morgan fingerprint density at radius 2 is 1.90 bits per heavy atom. The van der Waals surface area contributed by atoms with Crippen molar-refractivity contribution < 1.29 is 18.3 Å². The highest BCUT2D eigenvalue weighted by atomic mass is 19.3. The lowest BCUT2D eigenvalue weighted by Crippen LogP contribution is -2.43. The van der Waals surface area contributed by atoms with Crippen LogP contribution in [0, 0.1) is 0 Å². The van der Waals surface area contributed by atoms with Crippen LogP contribution >= 0.6 is 0 Å². The molecule has 3 nitrogen and oxygen atoms in total. The Hall–Kier alpha value is -1.36. The molecule has 1 aromatic carbocycles. The molecule has 0 aliphatic heterocycles. The van der Waals surface area contributed by atoms with Gasteiger partial charge in [0, 0.05) is 12.1 Å². The van der Waals surface area contributed by atoms with Gasteiger partial charge < -0.3 is 14.8 Å². The molecule has 1 saturated carbocycles. The van der Waals surface area contributed by atoms with Gasteiger partial charge in [-0.05, 0) is 37.5 Å². The number of benzene rings is 1. The fourth-order valence-corrected chi connectivity index (χ4v) is 2.84. The van der Waals surface area contributed by atoms with Crippen LogP contribution in [0.25, 0.3) is 0 Å². The predicted molar refractivity (Wildman–Crippen MR) is 78.0 cm³/mol. The largest absolute Gasteiger partial charge is 0.493 e. The van der Waals surface area contributed by atoms with Crippen molar-refractivity contribution in [1.29, 1.82) is 0 Å². The summed E-state index contributed by atoms with van der Waals surface area (Å²) in [5, 5.41) is 3.55. The number of hydrogen-bond acceptors (Lipinski definition) is 3. The third kappa shape index (κ3) is 4.56. The lowest BCUT2D eigenvalue weighted by molar-refractivity contribution is -0.0512. The van der Waals surface area contributed by atoms with E-state index >= 15 is 0 Å². The normalized spacial score (nSPS) is 17.8. The fraction of sp³-hybridized carbons (Fsp3) is 0.625. The molecular weight excluding hydrogens is 276 g/mol. The van der Waals surface area contributed by atoms with Crippen LogP contribution in [0.3, 0.4) is 0 Å². The molecule has 0 saturated heterocycles. The molecule has 0 heterocycles. The van der Waals surface area contributed by atoms with Crippen molar-refractivity contribution in [2.75, 3.05) is 7.11 Å². The molecule has 1 fully saturated rings. The number of ether oxygens (including phenoxy) is 2. The number of methoxy groups -OCH3 is 1. The minimum absolute atomic E-state index is 0.0839. The Balaban J connectivity index is 2.02. The highest BCUT2D eigenvalue weighted by Gasteiger charge is 2.25. The van der Waals surface area contributed by atoms with Gasteiger partial charge >= 0.3 is 6.61 Å². The summed E-state index contributed by atoms with van der Waals surface area (Å²) in [6.45, 7) is 0.0183. The molecule has 1 aliphatic rings. The monoisotopic (exact) mass is 299 g/mol. The maximum Gasteiger partial charge on any atom is 0.387 e. The molecule has 0 spiro atoms. The van der Waals surface area contributed by atoms with E-state index in [2.05, 4.69) is 17.0 Å². The Kier molecular flexibility index (Phi) is 5.39. The van der Waals surface area contributed by atoms with Crippen LogP contribution < -0.4 is 14.8 Å². The molecule has 0 aromatic heterocycles. The smallest absolute Gasteiger partial charge is 0.387 e. The SMILES string of the molecule is COc1ccc(CNC2(C)CCCCC2)cc1OC(F)F. The van der Waals surface area contributed by atoms with Crippen LogP contribution in [0.15, 0.2) is 18.2 Å². The molecule has 0 amide bonds. The minimum Gasteiger partial charge on any atom is -0.493 e. The second kappa shape index (κ2) is 7.07. The van der Waals surface area contributed by atoms with Gasteiger partial charge in [-0.1, -0.05) is 25.3 Å². The van der Waals surface area contributed by atoms with Crippen molar-refractivity contribution in [1.82, 2.24) is 5.32 Å². The van der Waals surface area contributed by atoms with Gasteiger partial charge in [0.15, 0.2) is 11.5 Å². The minimum atomic E-state index is -2.85. The van der Waals surface area contributed by atoms with Gasteiger partial charge in [0.1, 0.15) is 0 Å². The summed E-state index contributed by atoms with van der Waals surface area (Å²) in [7, 11) is 1.44. The maximum atomic E-state index is 12.4. The van der Waals surface area contributed by atoms with E-state index in [1.807, 2.05) is 6.07 Å². The molecule has 5 heteroatoms. The van der Waals surface area contributed by atoms with Crippen molar-refractivity contribution in [3.8, 4) is 11.5 Å². The molecule has 21 heavy (non-hydrogen) atoms. The summed E-state index contributed by atoms with van der Waals surface area (Å²) < 4.78 is 34.4. The average Bonchev–Trinajstić information content (AvgIpc) is 2.46. The third-order valence-corrected chi connectivity index (χ3v) is 4.12. The summed E-state index contributed by atoms with van der Waals surface area (Å²) in [5.74, 6) is 0.406. The Morgan fingerprint density at radius 1 is 1.19 bits per heavy atom. The second-order valence-electron chi connectivity index (χ2n) is 5.84. The predicted octanol–water partition coefficient (Wildman–Crippen LogP) is 4.11. The molecule has 0 bridgehead atoms. The van der Waals surface area contributed by atoms with E-state index in [1.165, 1.54) is 26.4 Å². The molecule has 1 aromatic rings. The van der Waals surface area contributed by atoms with E-state index in [-0.39, 0.29) is 11.3 Å². The van der Waals surface area contributed by atoms with Gasteiger partial charge in [-0.2, -0.15) is 8.78 Å². The molecule has 0 radical (unpaired) electrons. The molecule has 0 unspecified atom stereocenters. The van der Waals surface area contributed by atoms with Gasteiger partial charge in [-0.15, -0.1) is 0 Å². The highest BCUT2D eigenvalue weighted by molar-refractivity contribution is 5.43. The Morgan fingerprint density at radius 3 is 2.52 bits per heavy atom. The van der Waals surface area contributed by atoms with E-state index in [0.29, 0.717) is 12.3 Å².